The molecule has 0 aliphatic carbocycles. The maximum atomic E-state index is 12.7. The Morgan fingerprint density at radius 1 is 1.21 bits per heavy atom. The zero-order valence-electron chi connectivity index (χ0n) is 17.2. The summed E-state index contributed by atoms with van der Waals surface area (Å²) < 4.78 is 10.9. The molecule has 1 amide bonds. The van der Waals surface area contributed by atoms with Crippen LogP contribution in [-0.4, -0.2) is 38.1 Å². The van der Waals surface area contributed by atoms with Crippen molar-refractivity contribution in [2.75, 3.05) is 27.3 Å². The summed E-state index contributed by atoms with van der Waals surface area (Å²) in [6.45, 7) is 5.40. The van der Waals surface area contributed by atoms with Crippen LogP contribution in [-0.2, 0) is 4.79 Å². The Balaban J connectivity index is 1.68. The summed E-state index contributed by atoms with van der Waals surface area (Å²) >= 11 is 0. The van der Waals surface area contributed by atoms with Crippen molar-refractivity contribution in [1.82, 2.24) is 10.2 Å². The van der Waals surface area contributed by atoms with Crippen LogP contribution in [0.1, 0.15) is 48.5 Å². The lowest BCUT2D eigenvalue weighted by Crippen LogP contribution is -2.38. The molecule has 1 aliphatic rings. The third-order valence-corrected chi connectivity index (χ3v) is 5.54. The van der Waals surface area contributed by atoms with E-state index < -0.39 is 0 Å². The molecule has 3 rings (SSSR count). The highest BCUT2D eigenvalue weighted by Gasteiger charge is 2.30. The Morgan fingerprint density at radius 3 is 2.71 bits per heavy atom. The first-order valence-electron chi connectivity index (χ1n) is 9.84. The highest BCUT2D eigenvalue weighted by atomic mass is 16.5. The summed E-state index contributed by atoms with van der Waals surface area (Å²) in [7, 11) is 3.32. The highest BCUT2D eigenvalue weighted by Crippen LogP contribution is 2.38. The van der Waals surface area contributed by atoms with E-state index in [-0.39, 0.29) is 18.0 Å². The number of carbonyl (C=O) groups is 1. The first-order chi connectivity index (χ1) is 13.5. The van der Waals surface area contributed by atoms with E-state index in [2.05, 4.69) is 35.3 Å². The van der Waals surface area contributed by atoms with E-state index in [0.717, 1.165) is 42.0 Å². The van der Waals surface area contributed by atoms with Crippen molar-refractivity contribution in [2.45, 2.75) is 38.8 Å². The van der Waals surface area contributed by atoms with Crippen LogP contribution in [0.5, 0.6) is 11.5 Å². The van der Waals surface area contributed by atoms with Gasteiger partial charge in [0.15, 0.2) is 0 Å². The van der Waals surface area contributed by atoms with Crippen molar-refractivity contribution < 1.29 is 14.3 Å². The Hall–Kier alpha value is -2.53. The van der Waals surface area contributed by atoms with Crippen molar-refractivity contribution in [3.63, 3.8) is 0 Å². The molecule has 0 spiro atoms. The van der Waals surface area contributed by atoms with Crippen LogP contribution in [0.15, 0.2) is 42.5 Å². The van der Waals surface area contributed by atoms with E-state index in [1.807, 2.05) is 31.2 Å². The van der Waals surface area contributed by atoms with Crippen molar-refractivity contribution in [3.05, 3.63) is 59.2 Å². The lowest BCUT2D eigenvalue weighted by Gasteiger charge is -2.26. The summed E-state index contributed by atoms with van der Waals surface area (Å²) in [6.07, 6.45) is 2.09. The summed E-state index contributed by atoms with van der Waals surface area (Å²) in [5.41, 5.74) is 3.46. The summed E-state index contributed by atoms with van der Waals surface area (Å²) in [5.74, 6) is 1.63. The molecule has 1 heterocycles. The SMILES string of the molecule is COc1ccc(C2CCCN2CC(=O)NC(C)c2ccccc2C)c(OC)c1. The molecule has 5 heteroatoms. The largest absolute Gasteiger partial charge is 0.497 e. The van der Waals surface area contributed by atoms with Crippen molar-refractivity contribution in [1.29, 1.82) is 0 Å². The van der Waals surface area contributed by atoms with Crippen molar-refractivity contribution >= 4 is 5.91 Å². The summed E-state index contributed by atoms with van der Waals surface area (Å²) in [6, 6.07) is 14.3. The predicted octanol–water partition coefficient (Wildman–Crippen LogP) is 4.03. The smallest absolute Gasteiger partial charge is 0.234 e. The molecule has 2 aromatic carbocycles. The molecule has 1 saturated heterocycles. The zero-order valence-corrected chi connectivity index (χ0v) is 17.2. The molecule has 1 fully saturated rings. The average molecular weight is 383 g/mol. The van der Waals surface area contributed by atoms with Crippen LogP contribution >= 0.6 is 0 Å². The van der Waals surface area contributed by atoms with Gasteiger partial charge in [-0.2, -0.15) is 0 Å². The van der Waals surface area contributed by atoms with Crippen molar-refractivity contribution in [2.24, 2.45) is 0 Å². The average Bonchev–Trinajstić information content (AvgIpc) is 3.15. The number of benzene rings is 2. The molecule has 1 aliphatic heterocycles. The van der Waals surface area contributed by atoms with Crippen LogP contribution in [0.25, 0.3) is 0 Å². The minimum Gasteiger partial charge on any atom is -0.497 e. The topological polar surface area (TPSA) is 50.8 Å². The van der Waals surface area contributed by atoms with Gasteiger partial charge in [0.1, 0.15) is 11.5 Å². The summed E-state index contributed by atoms with van der Waals surface area (Å²) in [5, 5.41) is 3.15. The van der Waals surface area contributed by atoms with E-state index in [0.29, 0.717) is 6.54 Å². The number of methoxy groups -OCH3 is 2. The van der Waals surface area contributed by atoms with Gasteiger partial charge in [-0.15, -0.1) is 0 Å². The van der Waals surface area contributed by atoms with Gasteiger partial charge in [-0.1, -0.05) is 30.3 Å². The molecule has 2 aromatic rings. The highest BCUT2D eigenvalue weighted by molar-refractivity contribution is 5.78. The molecule has 2 unspecified atom stereocenters. The third-order valence-electron chi connectivity index (χ3n) is 5.54. The normalized spacial score (nSPS) is 17.9. The fourth-order valence-electron chi connectivity index (χ4n) is 4.08. The molecular formula is C23H30N2O3. The Kier molecular flexibility index (Phi) is 6.57. The van der Waals surface area contributed by atoms with E-state index in [9.17, 15) is 4.79 Å². The van der Waals surface area contributed by atoms with Crippen molar-refractivity contribution in [3.8, 4) is 11.5 Å². The lowest BCUT2D eigenvalue weighted by molar-refractivity contribution is -0.123. The van der Waals surface area contributed by atoms with Gasteiger partial charge in [0.25, 0.3) is 0 Å². The molecular weight excluding hydrogens is 352 g/mol. The van der Waals surface area contributed by atoms with Gasteiger partial charge in [-0.3, -0.25) is 9.69 Å². The second-order valence-corrected chi connectivity index (χ2v) is 7.38. The number of carbonyl (C=O) groups excluding carboxylic acids is 1. The number of hydrogen-bond acceptors (Lipinski definition) is 4. The van der Waals surface area contributed by atoms with E-state index in [4.69, 9.17) is 9.47 Å². The number of nitrogens with one attached hydrogen (secondary N) is 1. The number of aryl methyl sites for hydroxylation is 1. The molecule has 0 radical (unpaired) electrons. The molecule has 0 aromatic heterocycles. The fourth-order valence-corrected chi connectivity index (χ4v) is 4.08. The Bertz CT molecular complexity index is 821. The van der Waals surface area contributed by atoms with Gasteiger partial charge in [-0.05, 0) is 50.4 Å². The van der Waals surface area contributed by atoms with E-state index in [1.165, 1.54) is 5.56 Å². The predicted molar refractivity (Wildman–Crippen MR) is 111 cm³/mol. The zero-order chi connectivity index (χ0) is 20.1. The quantitative estimate of drug-likeness (QED) is 0.786. The van der Waals surface area contributed by atoms with E-state index >= 15 is 0 Å². The number of nitrogens with zero attached hydrogens (tertiary/aromatic N) is 1. The molecule has 0 bridgehead atoms. The van der Waals surface area contributed by atoms with Crippen LogP contribution in [0, 0.1) is 6.92 Å². The van der Waals surface area contributed by atoms with Gasteiger partial charge >= 0.3 is 0 Å². The second kappa shape index (κ2) is 9.11. The standard InChI is InChI=1S/C23H30N2O3/c1-16-8-5-6-9-19(16)17(2)24-23(26)15-25-13-7-10-21(25)20-12-11-18(27-3)14-22(20)28-4/h5-6,8-9,11-12,14,17,21H,7,10,13,15H2,1-4H3,(H,24,26). The summed E-state index contributed by atoms with van der Waals surface area (Å²) in [4.78, 5) is 15.0. The van der Waals surface area contributed by atoms with Crippen LogP contribution < -0.4 is 14.8 Å². The Morgan fingerprint density at radius 2 is 2.00 bits per heavy atom. The molecule has 2 atom stereocenters. The molecule has 150 valence electrons. The first-order valence-corrected chi connectivity index (χ1v) is 9.84. The van der Waals surface area contributed by atoms with Gasteiger partial charge in [0.2, 0.25) is 5.91 Å². The van der Waals surface area contributed by atoms with Gasteiger partial charge in [0.05, 0.1) is 26.8 Å². The number of hydrogen-bond donors (Lipinski definition) is 1. The molecule has 5 nitrogen and oxygen atoms in total. The fraction of sp³-hybridized carbons (Fsp3) is 0.435. The molecule has 0 saturated carbocycles. The van der Waals surface area contributed by atoms with Crippen LogP contribution in [0.3, 0.4) is 0 Å². The number of amides is 1. The van der Waals surface area contributed by atoms with Crippen LogP contribution in [0.2, 0.25) is 0 Å². The van der Waals surface area contributed by atoms with Crippen LogP contribution in [0.4, 0.5) is 0 Å². The minimum atomic E-state index is -0.00900. The number of likely N-dealkylation sites (tertiary alicyclic amines) is 1. The first kappa shape index (κ1) is 20.2. The second-order valence-electron chi connectivity index (χ2n) is 7.38. The van der Waals surface area contributed by atoms with Gasteiger partial charge in [0, 0.05) is 17.7 Å². The minimum absolute atomic E-state index is 0.00900. The Labute approximate surface area is 167 Å². The number of ether oxygens (including phenoxy) is 2. The number of rotatable bonds is 7. The molecule has 1 N–H and O–H groups in total. The van der Waals surface area contributed by atoms with E-state index in [1.54, 1.807) is 14.2 Å². The maximum Gasteiger partial charge on any atom is 0.234 e. The third kappa shape index (κ3) is 4.47. The van der Waals surface area contributed by atoms with Gasteiger partial charge < -0.3 is 14.8 Å². The maximum absolute atomic E-state index is 12.7. The molecule has 28 heavy (non-hydrogen) atoms. The van der Waals surface area contributed by atoms with Gasteiger partial charge in [-0.25, -0.2) is 0 Å². The monoisotopic (exact) mass is 382 g/mol. The lowest BCUT2D eigenvalue weighted by atomic mass is 10.0.